The summed E-state index contributed by atoms with van der Waals surface area (Å²) in [5.41, 5.74) is 3.83. The molecule has 0 saturated carbocycles. The van der Waals surface area contributed by atoms with Gasteiger partial charge in [-0.3, -0.25) is 4.90 Å². The van der Waals surface area contributed by atoms with Crippen LogP contribution in [-0.2, 0) is 16.6 Å². The zero-order valence-electron chi connectivity index (χ0n) is 21.3. The Kier molecular flexibility index (Phi) is 9.10. The molecule has 200 valence electrons. The number of allylic oxidation sites excluding steroid dienone is 3. The molecule has 9 nitrogen and oxygen atoms in total. The Morgan fingerprint density at radius 1 is 1.26 bits per heavy atom. The smallest absolute Gasteiger partial charge is 0.243 e. The van der Waals surface area contributed by atoms with Crippen molar-refractivity contribution in [3.05, 3.63) is 77.7 Å². The maximum absolute atomic E-state index is 13.3. The summed E-state index contributed by atoms with van der Waals surface area (Å²) < 4.78 is 41.3. The lowest BCUT2D eigenvalue weighted by atomic mass is 10.1. The van der Waals surface area contributed by atoms with Crippen molar-refractivity contribution in [3.8, 4) is 0 Å². The highest BCUT2D eigenvalue weighted by atomic mass is 32.2. The number of aliphatic imine (C=N–C) groups is 1. The molecule has 0 bridgehead atoms. The number of piperidine rings is 1. The van der Waals surface area contributed by atoms with Crippen LogP contribution in [0.25, 0.3) is 0 Å². The molecule has 0 aliphatic carbocycles. The highest BCUT2D eigenvalue weighted by Gasteiger charge is 2.31. The van der Waals surface area contributed by atoms with E-state index in [2.05, 4.69) is 36.7 Å². The fourth-order valence-electron chi connectivity index (χ4n) is 4.13. The van der Waals surface area contributed by atoms with E-state index < -0.39 is 15.9 Å². The van der Waals surface area contributed by atoms with Gasteiger partial charge in [0, 0.05) is 56.1 Å². The Hall–Kier alpha value is -3.32. The van der Waals surface area contributed by atoms with E-state index in [1.807, 2.05) is 10.9 Å². The first-order valence-electron chi connectivity index (χ1n) is 12.1. The number of hydrogen-bond acceptors (Lipinski definition) is 9. The lowest BCUT2D eigenvalue weighted by Crippen LogP contribution is -2.45. The zero-order chi connectivity index (χ0) is 27.1. The molecular weight excluding hydrogens is 525 g/mol. The summed E-state index contributed by atoms with van der Waals surface area (Å²) >= 11 is 1.58. The molecule has 0 atom stereocenters. The fourth-order valence-corrected chi connectivity index (χ4v) is 6.10. The highest BCUT2D eigenvalue weighted by Crippen LogP contribution is 2.25. The number of anilines is 2. The molecule has 3 heterocycles. The second-order valence-electron chi connectivity index (χ2n) is 8.87. The van der Waals surface area contributed by atoms with Crippen LogP contribution >= 0.6 is 11.3 Å². The van der Waals surface area contributed by atoms with Gasteiger partial charge in [-0.15, -0.1) is 11.3 Å². The molecule has 0 spiro atoms. The van der Waals surface area contributed by atoms with E-state index >= 15 is 0 Å². The van der Waals surface area contributed by atoms with Crippen LogP contribution in [0.15, 0.2) is 81.9 Å². The number of sulfonamides is 1. The Bertz CT molecular complexity index is 1400. The highest BCUT2D eigenvalue weighted by molar-refractivity contribution is 7.89. The average Bonchev–Trinajstić information content (AvgIpc) is 3.42. The molecule has 38 heavy (non-hydrogen) atoms. The summed E-state index contributed by atoms with van der Waals surface area (Å²) in [6, 6.07) is 8.00. The normalized spacial score (nSPS) is 16.1. The van der Waals surface area contributed by atoms with Gasteiger partial charge in [0.2, 0.25) is 16.0 Å². The van der Waals surface area contributed by atoms with Crippen molar-refractivity contribution < 1.29 is 12.8 Å². The second kappa shape index (κ2) is 12.5. The molecule has 2 aromatic heterocycles. The number of halogens is 1. The maximum Gasteiger partial charge on any atom is 0.243 e. The van der Waals surface area contributed by atoms with Gasteiger partial charge in [0.15, 0.2) is 5.82 Å². The van der Waals surface area contributed by atoms with E-state index in [9.17, 15) is 12.8 Å². The van der Waals surface area contributed by atoms with Gasteiger partial charge in [0.25, 0.3) is 0 Å². The molecule has 1 saturated heterocycles. The number of likely N-dealkylation sites (tertiary alicyclic amines) is 1. The number of benzene rings is 1. The number of aromatic nitrogens is 3. The predicted molar refractivity (Wildman–Crippen MR) is 149 cm³/mol. The molecule has 0 amide bonds. The van der Waals surface area contributed by atoms with Crippen LogP contribution in [0.1, 0.15) is 25.5 Å². The van der Waals surface area contributed by atoms with Crippen LogP contribution in [0.2, 0.25) is 0 Å². The van der Waals surface area contributed by atoms with Crippen molar-refractivity contribution in [1.29, 1.82) is 0 Å². The second-order valence-corrected chi connectivity index (χ2v) is 11.6. The van der Waals surface area contributed by atoms with Gasteiger partial charge < -0.3 is 5.32 Å². The van der Waals surface area contributed by atoms with Gasteiger partial charge in [0.05, 0.1) is 27.6 Å². The van der Waals surface area contributed by atoms with Gasteiger partial charge >= 0.3 is 0 Å². The lowest BCUT2D eigenvalue weighted by molar-refractivity contribution is 0.162. The number of thiazole rings is 1. The Balaban J connectivity index is 1.38. The first kappa shape index (κ1) is 27.7. The van der Waals surface area contributed by atoms with E-state index in [4.69, 9.17) is 0 Å². The summed E-state index contributed by atoms with van der Waals surface area (Å²) in [6.07, 6.45) is 5.75. The van der Waals surface area contributed by atoms with Crippen LogP contribution in [0.3, 0.4) is 0 Å². The van der Waals surface area contributed by atoms with E-state index in [0.717, 1.165) is 38.2 Å². The number of rotatable bonds is 10. The Morgan fingerprint density at radius 2 is 2.00 bits per heavy atom. The largest absolute Gasteiger partial charge is 0.324 e. The maximum atomic E-state index is 13.3. The van der Waals surface area contributed by atoms with Gasteiger partial charge in [-0.1, -0.05) is 6.58 Å². The monoisotopic (exact) mass is 555 g/mol. The minimum Gasteiger partial charge on any atom is -0.324 e. The molecule has 1 fully saturated rings. The van der Waals surface area contributed by atoms with Crippen molar-refractivity contribution in [1.82, 2.24) is 24.2 Å². The van der Waals surface area contributed by atoms with E-state index in [0.29, 0.717) is 17.2 Å². The number of nitrogens with zero attached hydrogens (tertiary/aromatic N) is 6. The first-order valence-corrected chi connectivity index (χ1v) is 14.5. The fraction of sp³-hybridized carbons (Fsp3) is 0.308. The van der Waals surface area contributed by atoms with Gasteiger partial charge in [-0.05, 0) is 56.2 Å². The third-order valence-electron chi connectivity index (χ3n) is 6.17. The SMILES string of the molecule is C=CC(C=C(C)F)=Nc1ccnc(Nc2ccc(S(=O)(=O)N(C)C3CCN(Cc4cscn4)CC3)cc2)n1. The molecule has 1 aliphatic heterocycles. The van der Waals surface area contributed by atoms with Crippen LogP contribution in [0.5, 0.6) is 0 Å². The van der Waals surface area contributed by atoms with Crippen LogP contribution in [0, 0.1) is 0 Å². The standard InChI is InChI=1S/C26H30FN7O2S2/c1-4-20(15-19(2)27)30-25-9-12-28-26(32-25)31-21-5-7-24(8-6-21)38(35,36)33(3)23-10-13-34(14-11-23)16-22-17-37-18-29-22/h4-9,12,15,17-18,23H,1,10-11,13-14,16H2,2-3H3,(H,28,31,32). The molecule has 12 heteroatoms. The Morgan fingerprint density at radius 3 is 2.63 bits per heavy atom. The lowest BCUT2D eigenvalue weighted by Gasteiger charge is -2.35. The quantitative estimate of drug-likeness (QED) is 0.348. The van der Waals surface area contributed by atoms with Gasteiger partial charge in [-0.2, -0.15) is 9.29 Å². The summed E-state index contributed by atoms with van der Waals surface area (Å²) in [7, 11) is -1.99. The van der Waals surface area contributed by atoms with Gasteiger partial charge in [0.1, 0.15) is 0 Å². The summed E-state index contributed by atoms with van der Waals surface area (Å²) in [5.74, 6) is 0.204. The summed E-state index contributed by atoms with van der Waals surface area (Å²) in [5, 5.41) is 5.09. The van der Waals surface area contributed by atoms with Gasteiger partial charge in [-0.25, -0.2) is 27.8 Å². The summed E-state index contributed by atoms with van der Waals surface area (Å²) in [6.45, 7) is 7.40. The molecule has 1 N–H and O–H groups in total. The number of nitrogens with one attached hydrogen (secondary N) is 1. The van der Waals surface area contributed by atoms with Crippen molar-refractivity contribution in [2.24, 2.45) is 4.99 Å². The van der Waals surface area contributed by atoms with Crippen molar-refractivity contribution >= 4 is 44.5 Å². The van der Waals surface area contributed by atoms with Crippen LogP contribution in [-0.4, -0.2) is 64.5 Å². The first-order chi connectivity index (χ1) is 18.2. The van der Waals surface area contributed by atoms with Crippen molar-refractivity contribution in [2.75, 3.05) is 25.5 Å². The minimum absolute atomic E-state index is 0.0577. The van der Waals surface area contributed by atoms with Crippen LogP contribution in [0.4, 0.5) is 21.8 Å². The molecule has 0 unspecified atom stereocenters. The zero-order valence-corrected chi connectivity index (χ0v) is 22.9. The van der Waals surface area contributed by atoms with Crippen molar-refractivity contribution in [3.63, 3.8) is 0 Å². The van der Waals surface area contributed by atoms with Crippen molar-refractivity contribution in [2.45, 2.75) is 37.2 Å². The average molecular weight is 556 g/mol. The molecule has 0 radical (unpaired) electrons. The topological polar surface area (TPSA) is 104 Å². The molecule has 1 aliphatic rings. The predicted octanol–water partition coefficient (Wildman–Crippen LogP) is 5.09. The summed E-state index contributed by atoms with van der Waals surface area (Å²) in [4.78, 5) is 19.6. The minimum atomic E-state index is -3.65. The third-order valence-corrected chi connectivity index (χ3v) is 8.73. The van der Waals surface area contributed by atoms with Crippen LogP contribution < -0.4 is 5.32 Å². The molecule has 4 rings (SSSR count). The van der Waals surface area contributed by atoms with E-state index in [1.165, 1.54) is 29.6 Å². The van der Waals surface area contributed by atoms with E-state index in [1.54, 1.807) is 48.7 Å². The third kappa shape index (κ3) is 7.16. The van der Waals surface area contributed by atoms with E-state index in [-0.39, 0.29) is 16.9 Å². The number of hydrogen-bond donors (Lipinski definition) is 1. The Labute approximate surface area is 226 Å². The molecular formula is C26H30FN7O2S2. The molecule has 3 aromatic rings. The molecule has 1 aromatic carbocycles.